The lowest BCUT2D eigenvalue weighted by Crippen LogP contribution is -2.55. The number of hydrogen-bond donors (Lipinski definition) is 3. The molecule has 36 heavy (non-hydrogen) atoms. The molecular formula is C27H46N2O5S2. The number of sulfonamides is 1. The molecule has 1 aliphatic rings. The van der Waals surface area contributed by atoms with Gasteiger partial charge in [-0.05, 0) is 72.1 Å². The van der Waals surface area contributed by atoms with Gasteiger partial charge < -0.3 is 10.4 Å². The minimum absolute atomic E-state index is 0.205. The van der Waals surface area contributed by atoms with Gasteiger partial charge in [0, 0.05) is 11.5 Å². The highest BCUT2D eigenvalue weighted by Crippen LogP contribution is 2.28. The third-order valence-electron chi connectivity index (χ3n) is 6.32. The summed E-state index contributed by atoms with van der Waals surface area (Å²) in [5.74, 6) is -1.11. The molecule has 206 valence electrons. The topological polar surface area (TPSA) is 113 Å². The smallest absolute Gasteiger partial charge is 0.327 e. The number of thioether (sulfide) groups is 1. The van der Waals surface area contributed by atoms with Gasteiger partial charge in [0.25, 0.3) is 0 Å². The van der Waals surface area contributed by atoms with Gasteiger partial charge in [-0.15, -0.1) is 0 Å². The van der Waals surface area contributed by atoms with E-state index in [-0.39, 0.29) is 11.7 Å². The number of amides is 1. The van der Waals surface area contributed by atoms with Gasteiger partial charge in [0.05, 0.1) is 5.25 Å². The molecule has 3 N–H and O–H groups in total. The molecule has 0 aromatic heterocycles. The van der Waals surface area contributed by atoms with Crippen LogP contribution in [0.3, 0.4) is 0 Å². The van der Waals surface area contributed by atoms with Crippen LogP contribution >= 0.6 is 11.8 Å². The van der Waals surface area contributed by atoms with Crippen LogP contribution in [-0.2, 0) is 19.6 Å². The normalized spacial score (nSPS) is 17.3. The quantitative estimate of drug-likeness (QED) is 0.162. The SMILES string of the molecule is CC[C@H](C)[C@H](NS(=O)(=O)C1CC1)C(=O)N[C@@H](CSC/C=C(\C)CC/C=C(\C)CCC=C(C)C)C(=O)O. The summed E-state index contributed by atoms with van der Waals surface area (Å²) in [6.07, 6.45) is 12.5. The zero-order chi connectivity index (χ0) is 27.3. The monoisotopic (exact) mass is 542 g/mol. The standard InChI is InChI=1S/C27H46N2O5S2/c1-7-22(6)25(29-36(33,34)23-14-15-23)26(30)28-24(27(31)32)18-35-17-16-21(5)13-9-12-20(4)11-8-10-19(2)3/h10,12,16,22-25,29H,7-9,11,13-15,17-18H2,1-6H3,(H,28,30)(H,31,32)/b20-12+,21-16+/t22-,24-,25-/m0/s1. The molecule has 0 aromatic carbocycles. The molecule has 1 fully saturated rings. The molecule has 0 aliphatic heterocycles. The third kappa shape index (κ3) is 13.1. The van der Waals surface area contributed by atoms with Crippen molar-refractivity contribution >= 4 is 33.7 Å². The summed E-state index contributed by atoms with van der Waals surface area (Å²) < 4.78 is 27.3. The fraction of sp³-hybridized carbons (Fsp3) is 0.704. The molecular weight excluding hydrogens is 496 g/mol. The minimum atomic E-state index is -3.57. The number of carboxylic acid groups (broad SMARTS) is 1. The van der Waals surface area contributed by atoms with E-state index in [1.807, 2.05) is 6.92 Å². The molecule has 7 nitrogen and oxygen atoms in total. The number of carbonyl (C=O) groups is 2. The van der Waals surface area contributed by atoms with Crippen LogP contribution in [0, 0.1) is 5.92 Å². The van der Waals surface area contributed by atoms with Crippen molar-refractivity contribution in [2.75, 3.05) is 11.5 Å². The molecule has 0 heterocycles. The number of aliphatic carboxylic acids is 1. The Morgan fingerprint density at radius 3 is 2.14 bits per heavy atom. The molecule has 0 saturated heterocycles. The minimum Gasteiger partial charge on any atom is -0.480 e. The van der Waals surface area contributed by atoms with Crippen LogP contribution in [0.5, 0.6) is 0 Å². The van der Waals surface area contributed by atoms with Crippen molar-refractivity contribution in [3.05, 3.63) is 34.9 Å². The average molecular weight is 543 g/mol. The number of rotatable bonds is 18. The highest BCUT2D eigenvalue weighted by molar-refractivity contribution is 7.99. The zero-order valence-electron chi connectivity index (χ0n) is 22.8. The molecule has 0 aromatic rings. The highest BCUT2D eigenvalue weighted by Gasteiger charge is 2.40. The van der Waals surface area contributed by atoms with Gasteiger partial charge >= 0.3 is 5.97 Å². The molecule has 0 unspecified atom stereocenters. The highest BCUT2D eigenvalue weighted by atomic mass is 32.2. The largest absolute Gasteiger partial charge is 0.480 e. The molecule has 0 bridgehead atoms. The van der Waals surface area contributed by atoms with Gasteiger partial charge in [-0.1, -0.05) is 55.2 Å². The van der Waals surface area contributed by atoms with E-state index in [2.05, 4.69) is 56.0 Å². The lowest BCUT2D eigenvalue weighted by Gasteiger charge is -2.25. The van der Waals surface area contributed by atoms with Crippen molar-refractivity contribution in [3.63, 3.8) is 0 Å². The fourth-order valence-electron chi connectivity index (χ4n) is 3.48. The Labute approximate surface area is 222 Å². The van der Waals surface area contributed by atoms with E-state index in [0.717, 1.165) is 25.7 Å². The van der Waals surface area contributed by atoms with Gasteiger partial charge in [-0.3, -0.25) is 4.79 Å². The van der Waals surface area contributed by atoms with E-state index in [1.54, 1.807) is 6.92 Å². The van der Waals surface area contributed by atoms with E-state index in [9.17, 15) is 23.1 Å². The van der Waals surface area contributed by atoms with Crippen molar-refractivity contribution in [1.82, 2.24) is 10.0 Å². The number of nitrogens with one attached hydrogen (secondary N) is 2. The lowest BCUT2D eigenvalue weighted by atomic mass is 9.99. The second kappa shape index (κ2) is 16.3. The fourth-order valence-corrected chi connectivity index (χ4v) is 6.12. The van der Waals surface area contributed by atoms with E-state index in [4.69, 9.17) is 0 Å². The first kappa shape index (κ1) is 32.4. The summed E-state index contributed by atoms with van der Waals surface area (Å²) >= 11 is 1.43. The van der Waals surface area contributed by atoms with Crippen LogP contribution < -0.4 is 10.0 Å². The first-order chi connectivity index (χ1) is 16.9. The Bertz CT molecular complexity index is 916. The van der Waals surface area contributed by atoms with Gasteiger partial charge in [-0.25, -0.2) is 17.9 Å². The summed E-state index contributed by atoms with van der Waals surface area (Å²) in [7, 11) is -3.57. The van der Waals surface area contributed by atoms with Crippen molar-refractivity contribution in [1.29, 1.82) is 0 Å². The average Bonchev–Trinajstić information content (AvgIpc) is 3.64. The first-order valence-electron chi connectivity index (χ1n) is 12.9. The Morgan fingerprint density at radius 1 is 1.03 bits per heavy atom. The second-order valence-electron chi connectivity index (χ2n) is 10.1. The summed E-state index contributed by atoms with van der Waals surface area (Å²) in [4.78, 5) is 24.6. The van der Waals surface area contributed by atoms with Crippen molar-refractivity contribution in [3.8, 4) is 0 Å². The van der Waals surface area contributed by atoms with E-state index in [1.165, 1.54) is 28.5 Å². The molecule has 1 rings (SSSR count). The molecule has 1 saturated carbocycles. The molecule has 0 radical (unpaired) electrons. The predicted octanol–water partition coefficient (Wildman–Crippen LogP) is 5.20. The lowest BCUT2D eigenvalue weighted by molar-refractivity contribution is -0.141. The van der Waals surface area contributed by atoms with Crippen LogP contribution in [0.25, 0.3) is 0 Å². The third-order valence-corrected chi connectivity index (χ3v) is 9.22. The molecule has 1 amide bonds. The summed E-state index contributed by atoms with van der Waals surface area (Å²) in [5, 5.41) is 11.7. The maximum absolute atomic E-state index is 12.9. The molecule has 3 atom stereocenters. The van der Waals surface area contributed by atoms with Gasteiger partial charge in [0.15, 0.2) is 0 Å². The van der Waals surface area contributed by atoms with Crippen molar-refractivity contribution in [2.45, 2.75) is 104 Å². The van der Waals surface area contributed by atoms with Gasteiger partial charge in [0.1, 0.15) is 12.1 Å². The van der Waals surface area contributed by atoms with Crippen molar-refractivity contribution < 1.29 is 23.1 Å². The zero-order valence-corrected chi connectivity index (χ0v) is 24.4. The Hall–Kier alpha value is -1.58. The van der Waals surface area contributed by atoms with E-state index in [0.29, 0.717) is 25.0 Å². The maximum Gasteiger partial charge on any atom is 0.327 e. The van der Waals surface area contributed by atoms with Crippen molar-refractivity contribution in [2.24, 2.45) is 5.92 Å². The van der Waals surface area contributed by atoms with Crippen LogP contribution in [0.1, 0.15) is 86.5 Å². The van der Waals surface area contributed by atoms with Gasteiger partial charge in [0.2, 0.25) is 15.9 Å². The number of carboxylic acids is 1. The summed E-state index contributed by atoms with van der Waals surface area (Å²) in [5.41, 5.74) is 3.99. The maximum atomic E-state index is 12.9. The van der Waals surface area contributed by atoms with Crippen LogP contribution in [0.2, 0.25) is 0 Å². The molecule has 0 spiro atoms. The Balaban J connectivity index is 2.54. The number of allylic oxidation sites excluding steroid dienone is 5. The molecule has 1 aliphatic carbocycles. The van der Waals surface area contributed by atoms with Gasteiger partial charge in [-0.2, -0.15) is 11.8 Å². The van der Waals surface area contributed by atoms with Crippen LogP contribution in [0.15, 0.2) is 34.9 Å². The molecule has 9 heteroatoms. The predicted molar refractivity (Wildman–Crippen MR) is 151 cm³/mol. The van der Waals surface area contributed by atoms with Crippen LogP contribution in [-0.4, -0.2) is 54.2 Å². The Kier molecular flexibility index (Phi) is 14.7. The number of hydrogen-bond acceptors (Lipinski definition) is 5. The second-order valence-corrected chi connectivity index (χ2v) is 13.2. The number of carbonyl (C=O) groups excluding carboxylic acids is 1. The Morgan fingerprint density at radius 2 is 1.61 bits per heavy atom. The van der Waals surface area contributed by atoms with E-state index >= 15 is 0 Å². The van der Waals surface area contributed by atoms with Crippen LogP contribution in [0.4, 0.5) is 0 Å². The first-order valence-corrected chi connectivity index (χ1v) is 15.6. The van der Waals surface area contributed by atoms with E-state index < -0.39 is 39.2 Å². The summed E-state index contributed by atoms with van der Waals surface area (Å²) in [6.45, 7) is 12.1. The summed E-state index contributed by atoms with van der Waals surface area (Å²) in [6, 6.07) is -2.06.